The second-order valence-electron chi connectivity index (χ2n) is 9.34. The molecule has 0 radical (unpaired) electrons. The maximum Gasteiger partial charge on any atom is 0.308 e. The van der Waals surface area contributed by atoms with Gasteiger partial charge in [0.25, 0.3) is 0 Å². The molecule has 0 aromatic carbocycles. The standard InChI is InChI=1S/C27H53ClO10/c1-27(2,3)38-26(29)8-11-31-13-15-33-17-19-35-21-23-37-25-24-36-22-20-34-18-16-32-14-12-30-10-7-5-4-6-9-28/h4-25H2,1-3H3. The minimum Gasteiger partial charge on any atom is -0.460 e. The van der Waals surface area contributed by atoms with Gasteiger partial charge in [-0.3, -0.25) is 4.79 Å². The molecule has 0 spiro atoms. The number of esters is 1. The van der Waals surface area contributed by atoms with Gasteiger partial charge in [-0.1, -0.05) is 12.8 Å². The Kier molecular flexibility index (Phi) is 29.0. The zero-order chi connectivity index (χ0) is 28.0. The Bertz CT molecular complexity index is 491. The quantitative estimate of drug-likeness (QED) is 0.0720. The second kappa shape index (κ2) is 29.4. The molecule has 0 heterocycles. The van der Waals surface area contributed by atoms with Gasteiger partial charge in [0, 0.05) is 12.5 Å². The van der Waals surface area contributed by atoms with Gasteiger partial charge in [-0.05, 0) is 33.6 Å². The number of rotatable bonds is 30. The maximum atomic E-state index is 11.5. The summed E-state index contributed by atoms with van der Waals surface area (Å²) in [5.74, 6) is 0.483. The van der Waals surface area contributed by atoms with Crippen molar-refractivity contribution in [1.82, 2.24) is 0 Å². The smallest absolute Gasteiger partial charge is 0.308 e. The molecule has 0 saturated carbocycles. The molecule has 10 nitrogen and oxygen atoms in total. The Labute approximate surface area is 235 Å². The Morgan fingerprint density at radius 1 is 0.474 bits per heavy atom. The summed E-state index contributed by atoms with van der Waals surface area (Å²) < 4.78 is 48.8. The molecular weight excluding hydrogens is 520 g/mol. The summed E-state index contributed by atoms with van der Waals surface area (Å²) >= 11 is 5.64. The number of carbonyl (C=O) groups is 1. The van der Waals surface area contributed by atoms with Crippen LogP contribution in [0.3, 0.4) is 0 Å². The first-order valence-electron chi connectivity index (χ1n) is 13.9. The lowest BCUT2D eigenvalue weighted by molar-refractivity contribution is -0.156. The fourth-order valence-corrected chi connectivity index (χ4v) is 3.03. The molecule has 0 N–H and O–H groups in total. The summed E-state index contributed by atoms with van der Waals surface area (Å²) in [7, 11) is 0. The van der Waals surface area contributed by atoms with Crippen LogP contribution >= 0.6 is 11.6 Å². The van der Waals surface area contributed by atoms with Gasteiger partial charge in [0.2, 0.25) is 0 Å². The van der Waals surface area contributed by atoms with Crippen molar-refractivity contribution in [3.8, 4) is 0 Å². The summed E-state index contributed by atoms with van der Waals surface area (Å²) in [6.07, 6.45) is 4.73. The van der Waals surface area contributed by atoms with Crippen LogP contribution in [0.4, 0.5) is 0 Å². The highest BCUT2D eigenvalue weighted by atomic mass is 35.5. The van der Waals surface area contributed by atoms with Gasteiger partial charge >= 0.3 is 5.97 Å². The highest BCUT2D eigenvalue weighted by molar-refractivity contribution is 6.17. The highest BCUT2D eigenvalue weighted by Crippen LogP contribution is 2.08. The van der Waals surface area contributed by atoms with Crippen molar-refractivity contribution >= 4 is 17.6 Å². The second-order valence-corrected chi connectivity index (χ2v) is 9.72. The van der Waals surface area contributed by atoms with E-state index in [9.17, 15) is 4.79 Å². The van der Waals surface area contributed by atoms with E-state index in [0.717, 1.165) is 25.3 Å². The number of alkyl halides is 1. The number of halogens is 1. The minimum atomic E-state index is -0.467. The summed E-state index contributed by atoms with van der Waals surface area (Å²) in [6, 6.07) is 0. The van der Waals surface area contributed by atoms with Gasteiger partial charge in [-0.25, -0.2) is 0 Å². The average Bonchev–Trinajstić information content (AvgIpc) is 2.86. The minimum absolute atomic E-state index is 0.238. The van der Waals surface area contributed by atoms with Crippen molar-refractivity contribution in [1.29, 1.82) is 0 Å². The monoisotopic (exact) mass is 572 g/mol. The topological polar surface area (TPSA) is 100 Å². The Morgan fingerprint density at radius 2 is 0.789 bits per heavy atom. The van der Waals surface area contributed by atoms with E-state index in [1.807, 2.05) is 20.8 Å². The zero-order valence-corrected chi connectivity index (χ0v) is 24.8. The molecule has 38 heavy (non-hydrogen) atoms. The first kappa shape index (κ1) is 37.4. The van der Waals surface area contributed by atoms with E-state index < -0.39 is 5.60 Å². The maximum absolute atomic E-state index is 11.5. The van der Waals surface area contributed by atoms with Crippen molar-refractivity contribution in [3.05, 3.63) is 0 Å². The molecule has 0 amide bonds. The molecule has 0 saturated heterocycles. The van der Waals surface area contributed by atoms with Crippen molar-refractivity contribution in [2.75, 3.05) is 112 Å². The largest absolute Gasteiger partial charge is 0.460 e. The third-order valence-electron chi connectivity index (χ3n) is 4.65. The lowest BCUT2D eigenvalue weighted by atomic mass is 10.2. The normalized spacial score (nSPS) is 11.8. The van der Waals surface area contributed by atoms with Crippen LogP contribution in [0.1, 0.15) is 52.9 Å². The van der Waals surface area contributed by atoms with Crippen LogP contribution in [0, 0.1) is 0 Å². The van der Waals surface area contributed by atoms with E-state index in [1.165, 1.54) is 12.8 Å². The van der Waals surface area contributed by atoms with Crippen LogP contribution in [0.5, 0.6) is 0 Å². The van der Waals surface area contributed by atoms with Gasteiger partial charge in [0.1, 0.15) is 5.60 Å². The SMILES string of the molecule is CC(C)(C)OC(=O)CCOCCOCCOCCOCCOCCOCCOCCOCCCCCCCl. The van der Waals surface area contributed by atoms with E-state index >= 15 is 0 Å². The van der Waals surface area contributed by atoms with Gasteiger partial charge in [-0.2, -0.15) is 0 Å². The first-order valence-corrected chi connectivity index (χ1v) is 14.4. The van der Waals surface area contributed by atoms with Gasteiger partial charge < -0.3 is 42.6 Å². The van der Waals surface area contributed by atoms with E-state index in [0.29, 0.717) is 99.1 Å². The summed E-state index contributed by atoms with van der Waals surface area (Å²) in [6.45, 7) is 13.8. The van der Waals surface area contributed by atoms with Gasteiger partial charge in [0.05, 0.1) is 106 Å². The molecule has 0 atom stereocenters. The molecule has 0 unspecified atom stereocenters. The molecular formula is C27H53ClO10. The third kappa shape index (κ3) is 33.5. The van der Waals surface area contributed by atoms with Crippen LogP contribution in [0.2, 0.25) is 0 Å². The number of ether oxygens (including phenoxy) is 9. The van der Waals surface area contributed by atoms with E-state index in [1.54, 1.807) is 0 Å². The van der Waals surface area contributed by atoms with Crippen molar-refractivity contribution < 1.29 is 47.4 Å². The molecule has 0 aromatic heterocycles. The van der Waals surface area contributed by atoms with Crippen LogP contribution in [-0.4, -0.2) is 123 Å². The molecule has 0 aliphatic rings. The predicted molar refractivity (Wildman–Crippen MR) is 146 cm³/mol. The molecule has 0 aliphatic carbocycles. The predicted octanol–water partition coefficient (Wildman–Crippen LogP) is 3.65. The van der Waals surface area contributed by atoms with Crippen LogP contribution in [-0.2, 0) is 47.4 Å². The molecule has 0 aromatic rings. The average molecular weight is 573 g/mol. The first-order chi connectivity index (χ1) is 18.5. The van der Waals surface area contributed by atoms with Crippen molar-refractivity contribution in [3.63, 3.8) is 0 Å². The number of unbranched alkanes of at least 4 members (excludes halogenated alkanes) is 3. The van der Waals surface area contributed by atoms with Gasteiger partial charge in [0.15, 0.2) is 0 Å². The molecule has 228 valence electrons. The van der Waals surface area contributed by atoms with Crippen LogP contribution in [0.15, 0.2) is 0 Å². The van der Waals surface area contributed by atoms with Crippen molar-refractivity contribution in [2.24, 2.45) is 0 Å². The fourth-order valence-electron chi connectivity index (χ4n) is 2.84. The summed E-state index contributed by atoms with van der Waals surface area (Å²) in [5, 5.41) is 0. The van der Waals surface area contributed by atoms with E-state index in [2.05, 4.69) is 0 Å². The number of carbonyl (C=O) groups excluding carboxylic acids is 1. The lowest BCUT2D eigenvalue weighted by Gasteiger charge is -2.19. The van der Waals surface area contributed by atoms with Gasteiger partial charge in [-0.15, -0.1) is 11.6 Å². The summed E-state index contributed by atoms with van der Waals surface area (Å²) in [4.78, 5) is 11.5. The molecule has 0 aliphatic heterocycles. The molecule has 0 rings (SSSR count). The van der Waals surface area contributed by atoms with Crippen molar-refractivity contribution in [2.45, 2.75) is 58.5 Å². The number of hydrogen-bond donors (Lipinski definition) is 0. The fraction of sp³-hybridized carbons (Fsp3) is 0.963. The number of hydrogen-bond acceptors (Lipinski definition) is 10. The molecule has 11 heteroatoms. The molecule has 0 bridgehead atoms. The van der Waals surface area contributed by atoms with Crippen LogP contribution in [0.25, 0.3) is 0 Å². The Morgan fingerprint density at radius 3 is 1.13 bits per heavy atom. The van der Waals surface area contributed by atoms with Crippen LogP contribution < -0.4 is 0 Å². The van der Waals surface area contributed by atoms with E-state index in [4.69, 9.17) is 54.2 Å². The zero-order valence-electron chi connectivity index (χ0n) is 24.0. The van der Waals surface area contributed by atoms with E-state index in [-0.39, 0.29) is 12.4 Å². The Hall–Kier alpha value is -0.560. The third-order valence-corrected chi connectivity index (χ3v) is 4.91. The summed E-state index contributed by atoms with van der Waals surface area (Å²) in [5.41, 5.74) is -0.467. The lowest BCUT2D eigenvalue weighted by Crippen LogP contribution is -2.24. The highest BCUT2D eigenvalue weighted by Gasteiger charge is 2.15. The Balaban J connectivity index is 3.09. The molecule has 0 fully saturated rings.